The van der Waals surface area contributed by atoms with Crippen molar-refractivity contribution in [2.75, 3.05) is 47.1 Å². The zero-order valence-electron chi connectivity index (χ0n) is 20.9. The third-order valence-electron chi connectivity index (χ3n) is 6.89. The van der Waals surface area contributed by atoms with Gasteiger partial charge in [-0.25, -0.2) is 4.98 Å². The van der Waals surface area contributed by atoms with Crippen LogP contribution in [0.4, 0.5) is 0 Å². The molecule has 0 aliphatic carbocycles. The van der Waals surface area contributed by atoms with E-state index in [-0.39, 0.29) is 11.5 Å². The van der Waals surface area contributed by atoms with Crippen LogP contribution in [0.3, 0.4) is 0 Å². The van der Waals surface area contributed by atoms with E-state index in [0.717, 1.165) is 5.69 Å². The molecule has 0 unspecified atom stereocenters. The minimum absolute atomic E-state index is 0.220. The number of likely N-dealkylation sites (tertiary alicyclic amines) is 1. The van der Waals surface area contributed by atoms with Gasteiger partial charge >= 0.3 is 5.97 Å². The Morgan fingerprint density at radius 3 is 2.62 bits per heavy atom. The molecule has 2 aliphatic rings. The number of fused-ring (bicyclic) bond motifs is 2. The molecule has 0 spiro atoms. The highest BCUT2D eigenvalue weighted by atomic mass is 16.6. The third-order valence-corrected chi connectivity index (χ3v) is 6.89. The summed E-state index contributed by atoms with van der Waals surface area (Å²) in [5, 5.41) is 3.40. The van der Waals surface area contributed by atoms with Crippen molar-refractivity contribution in [3.8, 4) is 17.4 Å². The first-order valence-corrected chi connectivity index (χ1v) is 12.2. The zero-order chi connectivity index (χ0) is 25.8. The summed E-state index contributed by atoms with van der Waals surface area (Å²) < 4.78 is 23.2. The summed E-state index contributed by atoms with van der Waals surface area (Å²) in [5.74, 6) is 1.41. The van der Waals surface area contributed by atoms with Crippen molar-refractivity contribution in [3.05, 3.63) is 46.6 Å². The van der Waals surface area contributed by atoms with Gasteiger partial charge in [-0.2, -0.15) is 4.98 Å². The highest BCUT2D eigenvalue weighted by molar-refractivity contribution is 5.81. The smallest absolute Gasteiger partial charge is 0.326 e. The average Bonchev–Trinajstić information content (AvgIpc) is 2.95. The molecule has 0 atom stereocenters. The van der Waals surface area contributed by atoms with Crippen LogP contribution in [0.5, 0.6) is 17.4 Å². The Morgan fingerprint density at radius 2 is 1.86 bits per heavy atom. The Kier molecular flexibility index (Phi) is 7.19. The Bertz CT molecular complexity index is 1340. The van der Waals surface area contributed by atoms with Crippen molar-refractivity contribution in [2.24, 2.45) is 0 Å². The van der Waals surface area contributed by atoms with E-state index in [2.05, 4.69) is 25.2 Å². The Labute approximate surface area is 213 Å². The lowest BCUT2D eigenvalue weighted by atomic mass is 9.87. The fourth-order valence-electron chi connectivity index (χ4n) is 4.75. The second kappa shape index (κ2) is 10.7. The second-order valence-corrected chi connectivity index (χ2v) is 9.03. The number of nitrogens with zero attached hydrogens (tertiary/aromatic N) is 5. The normalized spacial score (nSPS) is 16.9. The third kappa shape index (κ3) is 5.20. The van der Waals surface area contributed by atoms with Crippen LogP contribution in [0, 0.1) is 0 Å². The molecule has 2 aliphatic heterocycles. The molecule has 37 heavy (non-hydrogen) atoms. The van der Waals surface area contributed by atoms with Gasteiger partial charge in [-0.1, -0.05) is 0 Å². The number of nitrogens with one attached hydrogen (secondary N) is 1. The number of carbonyl (C=O) groups is 1. The standard InChI is InChI=1S/C25H30N6O6/c1-34-21-4-3-18-23(29-21)31(22(32)16-27-18)10-9-30-7-5-25(6-8-30,24(33)35-2)28-14-17-13-19-20(15-26-17)37-12-11-36-19/h3-4,13,15-16,28H,5-12,14H2,1-2H3. The van der Waals surface area contributed by atoms with Crippen LogP contribution in [-0.4, -0.2) is 83.0 Å². The maximum atomic E-state index is 12.8. The van der Waals surface area contributed by atoms with Crippen LogP contribution < -0.4 is 25.1 Å². The molecule has 1 fully saturated rings. The Hall–Kier alpha value is -3.77. The number of carbonyl (C=O) groups excluding carboxylic acids is 1. The molecule has 0 saturated carbocycles. The molecule has 0 aromatic carbocycles. The first kappa shape index (κ1) is 24.9. The molecule has 0 bridgehead atoms. The molecular formula is C25H30N6O6. The van der Waals surface area contributed by atoms with Gasteiger partial charge in [0.05, 0.1) is 32.3 Å². The van der Waals surface area contributed by atoms with Gasteiger partial charge in [0.15, 0.2) is 17.1 Å². The van der Waals surface area contributed by atoms with Crippen molar-refractivity contribution in [1.29, 1.82) is 0 Å². The topological polar surface area (TPSA) is 130 Å². The van der Waals surface area contributed by atoms with Gasteiger partial charge in [-0.05, 0) is 18.9 Å². The first-order valence-electron chi connectivity index (χ1n) is 12.2. The number of aromatic nitrogens is 4. The molecule has 3 aromatic heterocycles. The number of pyridine rings is 2. The van der Waals surface area contributed by atoms with Gasteiger partial charge in [-0.15, -0.1) is 0 Å². The number of esters is 1. The molecular weight excluding hydrogens is 480 g/mol. The minimum atomic E-state index is -0.824. The van der Waals surface area contributed by atoms with Crippen molar-refractivity contribution < 1.29 is 23.7 Å². The SMILES string of the molecule is COC(=O)C1(NCc2cc3c(cn2)OCCO3)CCN(CCn2c(=O)cnc3ccc(OC)nc32)CC1. The van der Waals surface area contributed by atoms with E-state index < -0.39 is 5.54 Å². The molecule has 1 saturated heterocycles. The Morgan fingerprint density at radius 1 is 1.08 bits per heavy atom. The van der Waals surface area contributed by atoms with Crippen molar-refractivity contribution in [1.82, 2.24) is 29.7 Å². The summed E-state index contributed by atoms with van der Waals surface area (Å²) in [7, 11) is 2.94. The van der Waals surface area contributed by atoms with Gasteiger partial charge in [0.25, 0.3) is 5.56 Å². The van der Waals surface area contributed by atoms with E-state index in [0.29, 0.717) is 87.3 Å². The lowest BCUT2D eigenvalue weighted by Crippen LogP contribution is -2.58. The fourth-order valence-corrected chi connectivity index (χ4v) is 4.75. The molecule has 196 valence electrons. The summed E-state index contributed by atoms with van der Waals surface area (Å²) >= 11 is 0. The predicted molar refractivity (Wildman–Crippen MR) is 133 cm³/mol. The number of methoxy groups -OCH3 is 2. The molecule has 5 heterocycles. The summed E-state index contributed by atoms with van der Waals surface area (Å²) in [6.07, 6.45) is 4.07. The summed E-state index contributed by atoms with van der Waals surface area (Å²) in [4.78, 5) is 40.7. The molecule has 1 N–H and O–H groups in total. The van der Waals surface area contributed by atoms with E-state index in [1.807, 2.05) is 6.07 Å². The fraction of sp³-hybridized carbons (Fsp3) is 0.480. The van der Waals surface area contributed by atoms with Crippen LogP contribution in [0.25, 0.3) is 11.2 Å². The first-order chi connectivity index (χ1) is 18.0. The zero-order valence-corrected chi connectivity index (χ0v) is 20.9. The number of rotatable bonds is 8. The van der Waals surface area contributed by atoms with E-state index in [1.54, 1.807) is 22.9 Å². The average molecular weight is 511 g/mol. The molecule has 0 amide bonds. The van der Waals surface area contributed by atoms with Crippen molar-refractivity contribution in [3.63, 3.8) is 0 Å². The molecule has 5 rings (SSSR count). The maximum absolute atomic E-state index is 12.8. The summed E-state index contributed by atoms with van der Waals surface area (Å²) in [6.45, 7) is 3.77. The van der Waals surface area contributed by atoms with E-state index in [9.17, 15) is 9.59 Å². The number of hydrogen-bond donors (Lipinski definition) is 1. The quantitative estimate of drug-likeness (QED) is 0.431. The van der Waals surface area contributed by atoms with Gasteiger partial charge in [0.1, 0.15) is 24.3 Å². The monoisotopic (exact) mass is 510 g/mol. The van der Waals surface area contributed by atoms with E-state index >= 15 is 0 Å². The predicted octanol–water partition coefficient (Wildman–Crippen LogP) is 0.764. The lowest BCUT2D eigenvalue weighted by Gasteiger charge is -2.40. The molecule has 3 aromatic rings. The number of piperidine rings is 1. The van der Waals surface area contributed by atoms with Crippen LogP contribution >= 0.6 is 0 Å². The number of hydrogen-bond acceptors (Lipinski definition) is 11. The van der Waals surface area contributed by atoms with Crippen LogP contribution in [0.15, 0.2) is 35.4 Å². The van der Waals surface area contributed by atoms with Crippen molar-refractivity contribution >= 4 is 17.1 Å². The molecule has 12 heteroatoms. The minimum Gasteiger partial charge on any atom is -0.486 e. The second-order valence-electron chi connectivity index (χ2n) is 9.03. The van der Waals surface area contributed by atoms with Gasteiger partial charge < -0.3 is 23.8 Å². The maximum Gasteiger partial charge on any atom is 0.326 e. The lowest BCUT2D eigenvalue weighted by molar-refractivity contribution is -0.151. The van der Waals surface area contributed by atoms with Crippen LogP contribution in [0.1, 0.15) is 18.5 Å². The van der Waals surface area contributed by atoms with E-state index in [1.165, 1.54) is 20.4 Å². The Balaban J connectivity index is 1.24. The summed E-state index contributed by atoms with van der Waals surface area (Å²) in [5.41, 5.74) is 0.821. The molecule has 12 nitrogen and oxygen atoms in total. The van der Waals surface area contributed by atoms with Gasteiger partial charge in [0, 0.05) is 44.9 Å². The molecule has 0 radical (unpaired) electrons. The largest absolute Gasteiger partial charge is 0.486 e. The highest BCUT2D eigenvalue weighted by Gasteiger charge is 2.42. The number of ether oxygens (including phenoxy) is 4. The van der Waals surface area contributed by atoms with Crippen molar-refractivity contribution in [2.45, 2.75) is 31.5 Å². The van der Waals surface area contributed by atoms with Gasteiger partial charge in [-0.3, -0.25) is 24.5 Å². The highest BCUT2D eigenvalue weighted by Crippen LogP contribution is 2.30. The van der Waals surface area contributed by atoms with Crippen LogP contribution in [0.2, 0.25) is 0 Å². The van der Waals surface area contributed by atoms with Crippen LogP contribution in [-0.2, 0) is 22.6 Å². The summed E-state index contributed by atoms with van der Waals surface area (Å²) in [6, 6.07) is 5.33. The van der Waals surface area contributed by atoms with E-state index in [4.69, 9.17) is 18.9 Å². The van der Waals surface area contributed by atoms with Gasteiger partial charge in [0.2, 0.25) is 5.88 Å².